The lowest BCUT2D eigenvalue weighted by Gasteiger charge is -2.15. The van der Waals surface area contributed by atoms with Crippen LogP contribution in [-0.2, 0) is 4.79 Å². The van der Waals surface area contributed by atoms with E-state index in [0.29, 0.717) is 18.7 Å². The Kier molecular flexibility index (Phi) is 3.06. The van der Waals surface area contributed by atoms with Crippen LogP contribution in [0.3, 0.4) is 0 Å². The minimum absolute atomic E-state index is 0.000830. The first-order valence-corrected chi connectivity index (χ1v) is 5.27. The average Bonchev–Trinajstić information content (AvgIpc) is 2.71. The summed E-state index contributed by atoms with van der Waals surface area (Å²) >= 11 is 0. The fourth-order valence-corrected chi connectivity index (χ4v) is 1.91. The number of amides is 1. The lowest BCUT2D eigenvalue weighted by atomic mass is 10.1. The van der Waals surface area contributed by atoms with Gasteiger partial charge < -0.3 is 10.0 Å². The molecule has 17 heavy (non-hydrogen) atoms. The minimum Gasteiger partial charge on any atom is -0.396 e. The zero-order chi connectivity index (χ0) is 12.4. The molecule has 1 aromatic rings. The Morgan fingerprint density at radius 1 is 1.41 bits per heavy atom. The van der Waals surface area contributed by atoms with E-state index in [0.717, 1.165) is 0 Å². The Bertz CT molecular complexity index is 443. The highest BCUT2D eigenvalue weighted by molar-refractivity contribution is 5.95. The molecule has 0 aliphatic carbocycles. The first kappa shape index (κ1) is 11.5. The standard InChI is InChI=1S/C11H12N2O4/c14-7-8-5-11(15)12(6-8)9-1-3-10(4-2-9)13(16)17/h1-4,8,14H,5-7H2. The molecule has 0 spiro atoms. The predicted molar refractivity (Wildman–Crippen MR) is 60.6 cm³/mol. The summed E-state index contributed by atoms with van der Waals surface area (Å²) in [7, 11) is 0. The fraction of sp³-hybridized carbons (Fsp3) is 0.364. The fourth-order valence-electron chi connectivity index (χ4n) is 1.91. The second-order valence-corrected chi connectivity index (χ2v) is 4.03. The average molecular weight is 236 g/mol. The van der Waals surface area contributed by atoms with Crippen LogP contribution in [0.2, 0.25) is 0 Å². The molecule has 1 saturated heterocycles. The zero-order valence-corrected chi connectivity index (χ0v) is 9.07. The smallest absolute Gasteiger partial charge is 0.269 e. The molecule has 6 heteroatoms. The summed E-state index contributed by atoms with van der Waals surface area (Å²) in [6.45, 7) is 0.447. The van der Waals surface area contributed by atoms with Crippen molar-refractivity contribution in [2.45, 2.75) is 6.42 Å². The molecule has 0 bridgehead atoms. The van der Waals surface area contributed by atoms with Crippen molar-refractivity contribution in [1.29, 1.82) is 0 Å². The van der Waals surface area contributed by atoms with Crippen molar-refractivity contribution in [3.63, 3.8) is 0 Å². The highest BCUT2D eigenvalue weighted by Crippen LogP contribution is 2.26. The second-order valence-electron chi connectivity index (χ2n) is 4.03. The van der Waals surface area contributed by atoms with Gasteiger partial charge in [-0.3, -0.25) is 14.9 Å². The van der Waals surface area contributed by atoms with Crippen molar-refractivity contribution in [3.8, 4) is 0 Å². The highest BCUT2D eigenvalue weighted by Gasteiger charge is 2.30. The number of aliphatic hydroxyl groups is 1. The van der Waals surface area contributed by atoms with Gasteiger partial charge in [0, 0.05) is 43.3 Å². The van der Waals surface area contributed by atoms with Crippen LogP contribution in [0, 0.1) is 16.0 Å². The first-order valence-electron chi connectivity index (χ1n) is 5.27. The summed E-state index contributed by atoms with van der Waals surface area (Å²) in [4.78, 5) is 23.2. The number of hydrogen-bond donors (Lipinski definition) is 1. The maximum atomic E-state index is 11.6. The van der Waals surface area contributed by atoms with E-state index in [1.54, 1.807) is 17.0 Å². The predicted octanol–water partition coefficient (Wildman–Crippen LogP) is 0.940. The van der Waals surface area contributed by atoms with Gasteiger partial charge in [-0.1, -0.05) is 0 Å². The monoisotopic (exact) mass is 236 g/mol. The van der Waals surface area contributed by atoms with E-state index in [-0.39, 0.29) is 24.1 Å². The van der Waals surface area contributed by atoms with Crippen LogP contribution in [-0.4, -0.2) is 29.1 Å². The Hall–Kier alpha value is -1.95. The van der Waals surface area contributed by atoms with Gasteiger partial charge in [0.15, 0.2) is 0 Å². The lowest BCUT2D eigenvalue weighted by molar-refractivity contribution is -0.384. The number of carbonyl (C=O) groups excluding carboxylic acids is 1. The molecule has 0 saturated carbocycles. The number of non-ortho nitro benzene ring substituents is 1. The molecule has 2 rings (SSSR count). The molecular weight excluding hydrogens is 224 g/mol. The van der Waals surface area contributed by atoms with Crippen molar-refractivity contribution in [2.24, 2.45) is 5.92 Å². The van der Waals surface area contributed by atoms with E-state index < -0.39 is 4.92 Å². The Morgan fingerprint density at radius 2 is 2.06 bits per heavy atom. The number of aliphatic hydroxyl groups excluding tert-OH is 1. The van der Waals surface area contributed by atoms with Gasteiger partial charge >= 0.3 is 0 Å². The molecule has 1 amide bonds. The topological polar surface area (TPSA) is 83.7 Å². The van der Waals surface area contributed by atoms with Gasteiger partial charge in [-0.25, -0.2) is 0 Å². The van der Waals surface area contributed by atoms with Crippen LogP contribution in [0.4, 0.5) is 11.4 Å². The SMILES string of the molecule is O=C1CC(CO)CN1c1ccc([N+](=O)[O-])cc1. The third kappa shape index (κ3) is 2.26. The van der Waals surface area contributed by atoms with Gasteiger partial charge in [0.2, 0.25) is 5.91 Å². The number of hydrogen-bond acceptors (Lipinski definition) is 4. The number of benzene rings is 1. The van der Waals surface area contributed by atoms with Crippen LogP contribution in [0.5, 0.6) is 0 Å². The first-order chi connectivity index (χ1) is 8.11. The Balaban J connectivity index is 2.18. The molecule has 90 valence electrons. The van der Waals surface area contributed by atoms with Crippen molar-refractivity contribution >= 4 is 17.3 Å². The molecule has 0 radical (unpaired) electrons. The molecule has 6 nitrogen and oxygen atoms in total. The van der Waals surface area contributed by atoms with Gasteiger partial charge in [0.25, 0.3) is 5.69 Å². The summed E-state index contributed by atoms with van der Waals surface area (Å²) in [5, 5.41) is 19.5. The van der Waals surface area contributed by atoms with Gasteiger partial charge in [-0.05, 0) is 12.1 Å². The Morgan fingerprint density at radius 3 is 2.53 bits per heavy atom. The van der Waals surface area contributed by atoms with Crippen LogP contribution in [0.15, 0.2) is 24.3 Å². The number of nitro benzene ring substituents is 1. The highest BCUT2D eigenvalue weighted by atomic mass is 16.6. The van der Waals surface area contributed by atoms with E-state index in [1.165, 1.54) is 12.1 Å². The van der Waals surface area contributed by atoms with Crippen molar-refractivity contribution in [1.82, 2.24) is 0 Å². The molecule has 0 aromatic heterocycles. The largest absolute Gasteiger partial charge is 0.396 e. The number of anilines is 1. The Labute approximate surface area is 97.6 Å². The molecule has 1 fully saturated rings. The molecule has 1 aromatic carbocycles. The van der Waals surface area contributed by atoms with Crippen LogP contribution in [0.25, 0.3) is 0 Å². The van der Waals surface area contributed by atoms with Crippen LogP contribution >= 0.6 is 0 Å². The quantitative estimate of drug-likeness (QED) is 0.625. The minimum atomic E-state index is -0.480. The van der Waals surface area contributed by atoms with E-state index in [1.807, 2.05) is 0 Å². The van der Waals surface area contributed by atoms with Crippen LogP contribution < -0.4 is 4.90 Å². The van der Waals surface area contributed by atoms with Gasteiger partial charge in [0.05, 0.1) is 4.92 Å². The molecule has 1 unspecified atom stereocenters. The second kappa shape index (κ2) is 4.50. The molecular formula is C11H12N2O4. The molecule has 1 aliphatic heterocycles. The van der Waals surface area contributed by atoms with Crippen LogP contribution in [0.1, 0.15) is 6.42 Å². The van der Waals surface area contributed by atoms with E-state index in [2.05, 4.69) is 0 Å². The van der Waals surface area contributed by atoms with E-state index in [9.17, 15) is 14.9 Å². The summed E-state index contributed by atoms with van der Waals surface area (Å²) in [6.07, 6.45) is 0.327. The van der Waals surface area contributed by atoms with Crippen molar-refractivity contribution in [2.75, 3.05) is 18.1 Å². The molecule has 1 aliphatic rings. The van der Waals surface area contributed by atoms with Gasteiger partial charge in [-0.2, -0.15) is 0 Å². The number of carbonyl (C=O) groups is 1. The maximum absolute atomic E-state index is 11.6. The normalized spacial score (nSPS) is 19.7. The lowest BCUT2D eigenvalue weighted by Crippen LogP contribution is -2.24. The summed E-state index contributed by atoms with van der Waals surface area (Å²) in [6, 6.07) is 5.84. The summed E-state index contributed by atoms with van der Waals surface area (Å²) < 4.78 is 0. The number of rotatable bonds is 3. The van der Waals surface area contributed by atoms with E-state index in [4.69, 9.17) is 5.11 Å². The molecule has 1 N–H and O–H groups in total. The van der Waals surface area contributed by atoms with Crippen molar-refractivity contribution in [3.05, 3.63) is 34.4 Å². The number of nitrogens with zero attached hydrogens (tertiary/aromatic N) is 2. The van der Waals surface area contributed by atoms with Gasteiger partial charge in [0.1, 0.15) is 0 Å². The molecule has 1 atom stereocenters. The summed E-state index contributed by atoms with van der Waals surface area (Å²) in [5.74, 6) is -0.101. The zero-order valence-electron chi connectivity index (χ0n) is 9.07. The summed E-state index contributed by atoms with van der Waals surface area (Å²) in [5.41, 5.74) is 0.635. The third-order valence-electron chi connectivity index (χ3n) is 2.84. The number of nitro groups is 1. The van der Waals surface area contributed by atoms with Crippen molar-refractivity contribution < 1.29 is 14.8 Å². The maximum Gasteiger partial charge on any atom is 0.269 e. The van der Waals surface area contributed by atoms with Gasteiger partial charge in [-0.15, -0.1) is 0 Å². The van der Waals surface area contributed by atoms with E-state index >= 15 is 0 Å². The third-order valence-corrected chi connectivity index (χ3v) is 2.84. The molecule has 1 heterocycles.